The van der Waals surface area contributed by atoms with Crippen molar-refractivity contribution in [2.45, 2.75) is 17.7 Å². The molecule has 0 radical (unpaired) electrons. The molecule has 2 heterocycles. The minimum Gasteiger partial charge on any atom is -0.355 e. The van der Waals surface area contributed by atoms with E-state index < -0.39 is 11.8 Å². The number of amides is 2. The molecule has 0 aliphatic carbocycles. The molecule has 8 heteroatoms. The highest BCUT2D eigenvalue weighted by Gasteiger charge is 2.22. The zero-order chi connectivity index (χ0) is 19.1. The van der Waals surface area contributed by atoms with Crippen molar-refractivity contribution < 1.29 is 9.59 Å². The number of benzene rings is 1. The van der Waals surface area contributed by atoms with Crippen molar-refractivity contribution in [2.24, 2.45) is 5.92 Å². The summed E-state index contributed by atoms with van der Waals surface area (Å²) in [6.45, 7) is 2.24. The number of rotatable bonds is 5. The molecule has 1 aromatic heterocycles. The van der Waals surface area contributed by atoms with E-state index in [1.807, 2.05) is 24.5 Å². The Hall–Kier alpha value is -2.61. The van der Waals surface area contributed by atoms with Crippen molar-refractivity contribution in [1.29, 1.82) is 0 Å². The number of carbonyl (C=O) groups excluding carboxylic acids is 2. The summed E-state index contributed by atoms with van der Waals surface area (Å²) in [7, 11) is 0. The first-order chi connectivity index (χ1) is 13.2. The summed E-state index contributed by atoms with van der Waals surface area (Å²) in [5.41, 5.74) is 0.655. The van der Waals surface area contributed by atoms with Gasteiger partial charge in [-0.15, -0.1) is 11.8 Å². The molecule has 1 aliphatic rings. The molecule has 0 atom stereocenters. The predicted molar refractivity (Wildman–Crippen MR) is 107 cm³/mol. The second-order valence-corrected chi connectivity index (χ2v) is 7.21. The molecule has 0 bridgehead atoms. The van der Waals surface area contributed by atoms with Crippen LogP contribution in [0.25, 0.3) is 0 Å². The number of carbonyl (C=O) groups is 2. The van der Waals surface area contributed by atoms with Crippen molar-refractivity contribution >= 4 is 35.1 Å². The van der Waals surface area contributed by atoms with E-state index in [0.29, 0.717) is 18.2 Å². The number of hydrogen-bond acceptors (Lipinski definition) is 6. The fraction of sp³-hybridized carbons (Fsp3) is 0.368. The Morgan fingerprint density at radius 3 is 2.67 bits per heavy atom. The van der Waals surface area contributed by atoms with Gasteiger partial charge in [0.25, 0.3) is 0 Å². The molecule has 0 spiro atoms. The molecule has 2 N–H and O–H groups in total. The van der Waals surface area contributed by atoms with Crippen molar-refractivity contribution in [3.05, 3.63) is 42.9 Å². The van der Waals surface area contributed by atoms with Gasteiger partial charge < -0.3 is 15.5 Å². The van der Waals surface area contributed by atoms with E-state index in [1.165, 1.54) is 11.8 Å². The summed E-state index contributed by atoms with van der Waals surface area (Å²) >= 11 is 1.52. The van der Waals surface area contributed by atoms with Gasteiger partial charge in [-0.25, -0.2) is 4.98 Å². The number of anilines is 2. The van der Waals surface area contributed by atoms with Crippen molar-refractivity contribution in [1.82, 2.24) is 15.3 Å². The van der Waals surface area contributed by atoms with Gasteiger partial charge in [0.2, 0.25) is 0 Å². The zero-order valence-electron chi connectivity index (χ0n) is 15.2. The lowest BCUT2D eigenvalue weighted by Crippen LogP contribution is -2.42. The zero-order valence-corrected chi connectivity index (χ0v) is 16.0. The topological polar surface area (TPSA) is 87.2 Å². The molecular weight excluding hydrogens is 362 g/mol. The minimum atomic E-state index is -0.631. The summed E-state index contributed by atoms with van der Waals surface area (Å²) in [6, 6.07) is 7.43. The number of piperidine rings is 1. The Morgan fingerprint density at radius 1 is 1.19 bits per heavy atom. The number of hydrogen-bond donors (Lipinski definition) is 2. The van der Waals surface area contributed by atoms with E-state index in [0.717, 1.165) is 36.6 Å². The maximum absolute atomic E-state index is 12.1. The molecule has 1 fully saturated rings. The third-order valence-electron chi connectivity index (χ3n) is 4.60. The Labute approximate surface area is 163 Å². The van der Waals surface area contributed by atoms with Crippen molar-refractivity contribution in [3.63, 3.8) is 0 Å². The van der Waals surface area contributed by atoms with Crippen LogP contribution in [0.5, 0.6) is 0 Å². The number of nitrogens with zero attached hydrogens (tertiary/aromatic N) is 3. The normalized spacial score (nSPS) is 14.6. The molecular formula is C19H23N5O2S. The number of aromatic nitrogens is 2. The third-order valence-corrected chi connectivity index (χ3v) is 5.40. The highest BCUT2D eigenvalue weighted by Crippen LogP contribution is 2.24. The Balaban J connectivity index is 1.43. The van der Waals surface area contributed by atoms with Gasteiger partial charge in [-0.05, 0) is 37.1 Å². The SMILES string of the molecule is CSc1ccccc1NC(=O)C(=O)NCC1CCN(c2cnccn2)CC1. The first-order valence-corrected chi connectivity index (χ1v) is 10.1. The van der Waals surface area contributed by atoms with E-state index in [4.69, 9.17) is 0 Å². The van der Waals surface area contributed by atoms with Crippen LogP contribution in [0, 0.1) is 5.92 Å². The second kappa shape index (κ2) is 9.36. The van der Waals surface area contributed by atoms with Crippen LogP contribution in [0.3, 0.4) is 0 Å². The molecule has 1 saturated heterocycles. The van der Waals surface area contributed by atoms with E-state index in [2.05, 4.69) is 25.5 Å². The molecule has 142 valence electrons. The second-order valence-electron chi connectivity index (χ2n) is 6.36. The van der Waals surface area contributed by atoms with Gasteiger partial charge in [-0.1, -0.05) is 12.1 Å². The van der Waals surface area contributed by atoms with Crippen LogP contribution in [0.15, 0.2) is 47.8 Å². The molecule has 27 heavy (non-hydrogen) atoms. The van der Waals surface area contributed by atoms with Gasteiger partial charge in [0.15, 0.2) is 0 Å². The average Bonchev–Trinajstić information content (AvgIpc) is 2.73. The standard InChI is InChI=1S/C19H23N5O2S/c1-27-16-5-3-2-4-15(16)23-19(26)18(25)22-12-14-6-10-24(11-7-14)17-13-20-8-9-21-17/h2-5,8-9,13-14H,6-7,10-12H2,1H3,(H,22,25)(H,23,26). The molecule has 0 unspecified atom stereocenters. The summed E-state index contributed by atoms with van der Waals surface area (Å²) < 4.78 is 0. The number of thioether (sulfide) groups is 1. The fourth-order valence-corrected chi connectivity index (χ4v) is 3.62. The van der Waals surface area contributed by atoms with Crippen LogP contribution < -0.4 is 15.5 Å². The van der Waals surface area contributed by atoms with E-state index >= 15 is 0 Å². The van der Waals surface area contributed by atoms with Crippen LogP contribution in [-0.4, -0.2) is 47.7 Å². The lowest BCUT2D eigenvalue weighted by molar-refractivity contribution is -0.136. The Kier molecular flexibility index (Phi) is 6.64. The summed E-state index contributed by atoms with van der Waals surface area (Å²) in [5, 5.41) is 5.44. The first-order valence-electron chi connectivity index (χ1n) is 8.90. The van der Waals surface area contributed by atoms with Crippen LogP contribution in [-0.2, 0) is 9.59 Å². The third kappa shape index (κ3) is 5.19. The van der Waals surface area contributed by atoms with Gasteiger partial charge >= 0.3 is 11.8 Å². The van der Waals surface area contributed by atoms with Gasteiger partial charge in [0, 0.05) is 36.9 Å². The molecule has 3 rings (SSSR count). The summed E-state index contributed by atoms with van der Waals surface area (Å²) in [4.78, 5) is 35.8. The number of para-hydroxylation sites is 1. The molecule has 2 amide bonds. The first kappa shape index (κ1) is 19.2. The molecule has 1 aromatic carbocycles. The predicted octanol–water partition coefficient (Wildman–Crippen LogP) is 2.17. The fourth-order valence-electron chi connectivity index (χ4n) is 3.07. The highest BCUT2D eigenvalue weighted by atomic mass is 32.2. The molecule has 2 aromatic rings. The van der Waals surface area contributed by atoms with Gasteiger partial charge in [0.05, 0.1) is 11.9 Å². The van der Waals surface area contributed by atoms with Gasteiger partial charge in [-0.3, -0.25) is 14.6 Å². The maximum Gasteiger partial charge on any atom is 0.313 e. The van der Waals surface area contributed by atoms with E-state index in [-0.39, 0.29) is 0 Å². The Bertz CT molecular complexity index is 779. The van der Waals surface area contributed by atoms with Crippen LogP contribution >= 0.6 is 11.8 Å². The van der Waals surface area contributed by atoms with Crippen molar-refractivity contribution in [3.8, 4) is 0 Å². The Morgan fingerprint density at radius 2 is 1.96 bits per heavy atom. The minimum absolute atomic E-state index is 0.355. The van der Waals surface area contributed by atoms with E-state index in [1.54, 1.807) is 24.7 Å². The lowest BCUT2D eigenvalue weighted by atomic mass is 9.97. The van der Waals surface area contributed by atoms with Crippen LogP contribution in [0.1, 0.15) is 12.8 Å². The summed E-state index contributed by atoms with van der Waals surface area (Å²) in [5.74, 6) is 0.00994. The largest absolute Gasteiger partial charge is 0.355 e. The van der Waals surface area contributed by atoms with Crippen LogP contribution in [0.2, 0.25) is 0 Å². The molecule has 7 nitrogen and oxygen atoms in total. The molecule has 1 aliphatic heterocycles. The average molecular weight is 385 g/mol. The lowest BCUT2D eigenvalue weighted by Gasteiger charge is -2.32. The van der Waals surface area contributed by atoms with Crippen LogP contribution in [0.4, 0.5) is 11.5 Å². The number of nitrogens with one attached hydrogen (secondary N) is 2. The highest BCUT2D eigenvalue weighted by molar-refractivity contribution is 7.98. The smallest absolute Gasteiger partial charge is 0.313 e. The molecule has 0 saturated carbocycles. The monoisotopic (exact) mass is 385 g/mol. The quantitative estimate of drug-likeness (QED) is 0.606. The van der Waals surface area contributed by atoms with Crippen molar-refractivity contribution in [2.75, 3.05) is 36.1 Å². The summed E-state index contributed by atoms with van der Waals surface area (Å²) in [6.07, 6.45) is 8.92. The van der Waals surface area contributed by atoms with Gasteiger partial charge in [0.1, 0.15) is 5.82 Å². The maximum atomic E-state index is 12.1. The van der Waals surface area contributed by atoms with E-state index in [9.17, 15) is 9.59 Å². The van der Waals surface area contributed by atoms with Gasteiger partial charge in [-0.2, -0.15) is 0 Å².